The van der Waals surface area contributed by atoms with Crippen LogP contribution in [0.1, 0.15) is 181 Å². The number of aliphatic hydroxyl groups excluding tert-OH is 2. The molecule has 2 unspecified atom stereocenters. The monoisotopic (exact) mass is 564 g/mol. The predicted molar refractivity (Wildman–Crippen MR) is 175 cm³/mol. The molecule has 2 atom stereocenters. The van der Waals surface area contributed by atoms with Crippen LogP contribution < -0.4 is 5.32 Å². The summed E-state index contributed by atoms with van der Waals surface area (Å²) in [6.45, 7) is 4.25. The molecule has 0 radical (unpaired) electrons. The molecular formula is C36H69NO3. The lowest BCUT2D eigenvalue weighted by molar-refractivity contribution is -0.123. The second-order valence-corrected chi connectivity index (χ2v) is 11.9. The van der Waals surface area contributed by atoms with Gasteiger partial charge in [-0.1, -0.05) is 160 Å². The first-order valence-corrected chi connectivity index (χ1v) is 17.6. The van der Waals surface area contributed by atoms with Crippen molar-refractivity contribution in [1.29, 1.82) is 0 Å². The minimum atomic E-state index is -0.837. The Morgan fingerprint density at radius 1 is 0.575 bits per heavy atom. The first-order chi connectivity index (χ1) is 19.7. The van der Waals surface area contributed by atoms with Crippen molar-refractivity contribution < 1.29 is 15.0 Å². The number of amides is 1. The molecule has 0 aliphatic heterocycles. The summed E-state index contributed by atoms with van der Waals surface area (Å²) in [7, 11) is 0. The molecule has 0 aliphatic rings. The maximum atomic E-state index is 12.2. The Kier molecular flexibility index (Phi) is 31.5. The molecule has 0 aliphatic carbocycles. The highest BCUT2D eigenvalue weighted by Gasteiger charge is 2.17. The average Bonchev–Trinajstić information content (AvgIpc) is 2.96. The van der Waals surface area contributed by atoms with Crippen LogP contribution in [-0.2, 0) is 4.79 Å². The van der Waals surface area contributed by atoms with E-state index in [0.29, 0.717) is 6.42 Å². The molecule has 0 saturated heterocycles. The van der Waals surface area contributed by atoms with Crippen molar-refractivity contribution in [2.24, 2.45) is 0 Å². The van der Waals surface area contributed by atoms with Crippen molar-refractivity contribution in [3.63, 3.8) is 0 Å². The van der Waals surface area contributed by atoms with Crippen LogP contribution in [0.15, 0.2) is 24.3 Å². The standard InChI is InChI=1S/C36H69NO3/c1-3-5-7-9-11-13-15-16-17-18-19-20-22-23-25-27-29-31-35(39)34(33-38)37-36(40)32-30-28-26-24-21-14-12-10-8-6-4-2/h10,12,29,31,34-35,38-39H,3-9,11,13-28,30,32-33H2,1-2H3,(H,37,40)/b12-10-,31-29+. The number of rotatable bonds is 31. The molecule has 0 spiro atoms. The maximum absolute atomic E-state index is 12.2. The number of allylic oxidation sites excluding steroid dienone is 3. The Labute approximate surface area is 249 Å². The zero-order chi connectivity index (χ0) is 29.4. The molecule has 4 heteroatoms. The van der Waals surface area contributed by atoms with Gasteiger partial charge in [-0.3, -0.25) is 4.79 Å². The van der Waals surface area contributed by atoms with Gasteiger partial charge in [0.05, 0.1) is 18.8 Å². The summed E-state index contributed by atoms with van der Waals surface area (Å²) in [5.74, 6) is -0.0761. The number of carbonyl (C=O) groups is 1. The van der Waals surface area contributed by atoms with Gasteiger partial charge in [-0.25, -0.2) is 0 Å². The number of hydrogen-bond acceptors (Lipinski definition) is 3. The summed E-state index contributed by atoms with van der Waals surface area (Å²) in [6.07, 6.45) is 39.7. The highest BCUT2D eigenvalue weighted by atomic mass is 16.3. The van der Waals surface area contributed by atoms with Crippen molar-refractivity contribution in [1.82, 2.24) is 5.32 Å². The van der Waals surface area contributed by atoms with E-state index in [0.717, 1.165) is 38.5 Å². The molecule has 4 nitrogen and oxygen atoms in total. The quantitative estimate of drug-likeness (QED) is 0.0580. The fourth-order valence-corrected chi connectivity index (χ4v) is 5.16. The first-order valence-electron chi connectivity index (χ1n) is 17.6. The lowest BCUT2D eigenvalue weighted by Gasteiger charge is -2.20. The summed E-state index contributed by atoms with van der Waals surface area (Å²) in [6, 6.07) is -0.621. The molecular weight excluding hydrogens is 494 g/mol. The molecule has 0 aromatic carbocycles. The number of hydrogen-bond donors (Lipinski definition) is 3. The molecule has 3 N–H and O–H groups in total. The fraction of sp³-hybridized carbons (Fsp3) is 0.861. The Balaban J connectivity index is 3.63. The molecule has 0 aromatic heterocycles. The molecule has 0 aromatic rings. The van der Waals surface area contributed by atoms with Gasteiger partial charge >= 0.3 is 0 Å². The molecule has 0 fully saturated rings. The Morgan fingerprint density at radius 2 is 0.975 bits per heavy atom. The summed E-state index contributed by atoms with van der Waals surface area (Å²) in [5, 5.41) is 22.8. The van der Waals surface area contributed by atoms with Crippen LogP contribution in [-0.4, -0.2) is 34.9 Å². The van der Waals surface area contributed by atoms with Gasteiger partial charge in [0.2, 0.25) is 5.91 Å². The van der Waals surface area contributed by atoms with Gasteiger partial charge < -0.3 is 15.5 Å². The topological polar surface area (TPSA) is 69.6 Å². The second kappa shape index (κ2) is 32.4. The van der Waals surface area contributed by atoms with Gasteiger partial charge in [0.25, 0.3) is 0 Å². The minimum Gasteiger partial charge on any atom is -0.394 e. The highest BCUT2D eigenvalue weighted by molar-refractivity contribution is 5.76. The number of nitrogens with one attached hydrogen (secondary N) is 1. The van der Waals surface area contributed by atoms with Crippen LogP contribution in [0.25, 0.3) is 0 Å². The van der Waals surface area contributed by atoms with E-state index in [1.165, 1.54) is 122 Å². The third kappa shape index (κ3) is 28.4. The third-order valence-electron chi connectivity index (χ3n) is 7.93. The van der Waals surface area contributed by atoms with Crippen molar-refractivity contribution in [3.05, 3.63) is 24.3 Å². The summed E-state index contributed by atoms with van der Waals surface area (Å²) >= 11 is 0. The average molecular weight is 564 g/mol. The van der Waals surface area contributed by atoms with E-state index in [-0.39, 0.29) is 12.5 Å². The van der Waals surface area contributed by atoms with Crippen LogP contribution in [0.2, 0.25) is 0 Å². The number of aliphatic hydroxyl groups is 2. The summed E-state index contributed by atoms with van der Waals surface area (Å²) in [5.41, 5.74) is 0. The molecule has 0 saturated carbocycles. The summed E-state index contributed by atoms with van der Waals surface area (Å²) in [4.78, 5) is 12.2. The van der Waals surface area contributed by atoms with Crippen LogP contribution in [0.4, 0.5) is 0 Å². The van der Waals surface area contributed by atoms with E-state index >= 15 is 0 Å². The predicted octanol–water partition coefficient (Wildman–Crippen LogP) is 10.1. The van der Waals surface area contributed by atoms with Gasteiger partial charge in [-0.2, -0.15) is 0 Å². The Hall–Kier alpha value is -1.13. The fourth-order valence-electron chi connectivity index (χ4n) is 5.16. The Morgan fingerprint density at radius 3 is 1.45 bits per heavy atom. The number of carbonyl (C=O) groups excluding carboxylic acids is 1. The molecule has 40 heavy (non-hydrogen) atoms. The SMILES string of the molecule is CCCC/C=C\CCCCCCCC(=O)NC(CO)C(O)/C=C/CCCCCCCCCCCCCCCCC. The van der Waals surface area contributed by atoms with Crippen molar-refractivity contribution in [2.45, 2.75) is 193 Å². The number of unbranched alkanes of at least 4 members (excludes halogenated alkanes) is 22. The van der Waals surface area contributed by atoms with E-state index in [4.69, 9.17) is 0 Å². The smallest absolute Gasteiger partial charge is 0.220 e. The molecule has 236 valence electrons. The van der Waals surface area contributed by atoms with Crippen LogP contribution in [0.3, 0.4) is 0 Å². The van der Waals surface area contributed by atoms with Gasteiger partial charge in [-0.15, -0.1) is 0 Å². The van der Waals surface area contributed by atoms with Crippen LogP contribution in [0.5, 0.6) is 0 Å². The maximum Gasteiger partial charge on any atom is 0.220 e. The lowest BCUT2D eigenvalue weighted by Crippen LogP contribution is -2.45. The van der Waals surface area contributed by atoms with E-state index in [1.807, 2.05) is 6.08 Å². The van der Waals surface area contributed by atoms with Gasteiger partial charge in [0.15, 0.2) is 0 Å². The summed E-state index contributed by atoms with van der Waals surface area (Å²) < 4.78 is 0. The molecule has 1 amide bonds. The first kappa shape index (κ1) is 38.9. The van der Waals surface area contributed by atoms with Crippen molar-refractivity contribution >= 4 is 5.91 Å². The van der Waals surface area contributed by atoms with Crippen LogP contribution >= 0.6 is 0 Å². The molecule has 0 bridgehead atoms. The van der Waals surface area contributed by atoms with E-state index in [9.17, 15) is 15.0 Å². The van der Waals surface area contributed by atoms with E-state index in [2.05, 4.69) is 31.3 Å². The van der Waals surface area contributed by atoms with Crippen LogP contribution in [0, 0.1) is 0 Å². The molecule has 0 heterocycles. The van der Waals surface area contributed by atoms with Gasteiger partial charge in [-0.05, 0) is 38.5 Å². The van der Waals surface area contributed by atoms with Gasteiger partial charge in [0, 0.05) is 6.42 Å². The van der Waals surface area contributed by atoms with Crippen molar-refractivity contribution in [2.75, 3.05) is 6.61 Å². The molecule has 0 rings (SSSR count). The van der Waals surface area contributed by atoms with E-state index in [1.54, 1.807) is 6.08 Å². The normalized spacial score (nSPS) is 13.4. The minimum absolute atomic E-state index is 0.0761. The zero-order valence-corrected chi connectivity index (χ0v) is 26.9. The second-order valence-electron chi connectivity index (χ2n) is 11.9. The Bertz CT molecular complexity index is 574. The van der Waals surface area contributed by atoms with E-state index < -0.39 is 12.1 Å². The zero-order valence-electron chi connectivity index (χ0n) is 26.9. The largest absolute Gasteiger partial charge is 0.394 e. The van der Waals surface area contributed by atoms with Crippen molar-refractivity contribution in [3.8, 4) is 0 Å². The third-order valence-corrected chi connectivity index (χ3v) is 7.93. The van der Waals surface area contributed by atoms with Gasteiger partial charge in [0.1, 0.15) is 0 Å². The lowest BCUT2D eigenvalue weighted by atomic mass is 10.0. The highest BCUT2D eigenvalue weighted by Crippen LogP contribution is 2.14.